The van der Waals surface area contributed by atoms with Crippen LogP contribution in [0.5, 0.6) is 0 Å². The molecular formula is C10H20N2O2. The van der Waals surface area contributed by atoms with E-state index in [0.717, 1.165) is 0 Å². The first-order valence-corrected chi connectivity index (χ1v) is 5.14. The summed E-state index contributed by atoms with van der Waals surface area (Å²) in [5.41, 5.74) is 0. The molecule has 14 heavy (non-hydrogen) atoms. The van der Waals surface area contributed by atoms with Crippen molar-refractivity contribution in [3.8, 4) is 0 Å². The summed E-state index contributed by atoms with van der Waals surface area (Å²) in [6, 6.07) is 0. The van der Waals surface area contributed by atoms with Crippen LogP contribution in [0.2, 0.25) is 0 Å². The van der Waals surface area contributed by atoms with E-state index >= 15 is 0 Å². The first-order valence-electron chi connectivity index (χ1n) is 5.14. The summed E-state index contributed by atoms with van der Waals surface area (Å²) >= 11 is 0. The first kappa shape index (κ1) is 12.9. The molecular weight excluding hydrogens is 180 g/mol. The van der Waals surface area contributed by atoms with Crippen molar-refractivity contribution in [1.29, 1.82) is 5.41 Å². The number of aliphatic carboxylic acids is 1. The van der Waals surface area contributed by atoms with E-state index in [2.05, 4.69) is 0 Å². The van der Waals surface area contributed by atoms with Crippen molar-refractivity contribution in [3.05, 3.63) is 0 Å². The van der Waals surface area contributed by atoms with Gasteiger partial charge in [0.2, 0.25) is 0 Å². The fourth-order valence-corrected chi connectivity index (χ4v) is 1.46. The number of rotatable bonds is 1. The van der Waals surface area contributed by atoms with Gasteiger partial charge in [-0.15, -0.1) is 0 Å². The fraction of sp³-hybridized carbons (Fsp3) is 0.800. The third-order valence-electron chi connectivity index (χ3n) is 2.32. The molecule has 1 aliphatic rings. The SMILES string of the molecule is CC.CC(=N)N1CCC(C(=O)O)CC1. The molecule has 0 bridgehead atoms. The lowest BCUT2D eigenvalue weighted by atomic mass is 9.97. The first-order chi connectivity index (χ1) is 6.61. The molecule has 0 aromatic carbocycles. The van der Waals surface area contributed by atoms with Crippen molar-refractivity contribution in [2.45, 2.75) is 33.6 Å². The average Bonchev–Trinajstić information content (AvgIpc) is 2.21. The minimum Gasteiger partial charge on any atom is -0.481 e. The number of amidine groups is 1. The molecule has 0 aromatic heterocycles. The highest BCUT2D eigenvalue weighted by atomic mass is 16.4. The molecule has 0 spiro atoms. The van der Waals surface area contributed by atoms with Crippen LogP contribution in [0.15, 0.2) is 0 Å². The van der Waals surface area contributed by atoms with Crippen LogP contribution in [0, 0.1) is 11.3 Å². The summed E-state index contributed by atoms with van der Waals surface area (Å²) in [5.74, 6) is -0.350. The van der Waals surface area contributed by atoms with Gasteiger partial charge < -0.3 is 10.0 Å². The molecule has 1 saturated heterocycles. The van der Waals surface area contributed by atoms with E-state index in [-0.39, 0.29) is 5.92 Å². The highest BCUT2D eigenvalue weighted by Gasteiger charge is 2.24. The number of carboxylic acid groups (broad SMARTS) is 1. The molecule has 1 aliphatic heterocycles. The average molecular weight is 200 g/mol. The van der Waals surface area contributed by atoms with E-state index < -0.39 is 5.97 Å². The van der Waals surface area contributed by atoms with E-state index in [9.17, 15) is 4.79 Å². The number of nitrogens with zero attached hydrogens (tertiary/aromatic N) is 1. The van der Waals surface area contributed by atoms with Gasteiger partial charge in [-0.05, 0) is 19.8 Å². The van der Waals surface area contributed by atoms with Crippen molar-refractivity contribution in [1.82, 2.24) is 4.90 Å². The second-order valence-electron chi connectivity index (χ2n) is 3.18. The van der Waals surface area contributed by atoms with E-state index in [1.807, 2.05) is 18.7 Å². The third kappa shape index (κ3) is 3.77. The Balaban J connectivity index is 0.000000791. The predicted octanol–water partition coefficient (Wildman–Crippen LogP) is 1.81. The number of piperidine rings is 1. The van der Waals surface area contributed by atoms with Crippen LogP contribution in [0.1, 0.15) is 33.6 Å². The second-order valence-corrected chi connectivity index (χ2v) is 3.18. The Hall–Kier alpha value is -1.06. The fourth-order valence-electron chi connectivity index (χ4n) is 1.46. The number of carbonyl (C=O) groups is 1. The maximum absolute atomic E-state index is 10.6. The predicted molar refractivity (Wildman–Crippen MR) is 56.7 cm³/mol. The summed E-state index contributed by atoms with van der Waals surface area (Å²) in [7, 11) is 0. The number of nitrogens with one attached hydrogen (secondary N) is 1. The Labute approximate surface area is 85.4 Å². The molecule has 1 rings (SSSR count). The molecule has 4 nitrogen and oxygen atoms in total. The van der Waals surface area contributed by atoms with Gasteiger partial charge in [0.15, 0.2) is 0 Å². The maximum atomic E-state index is 10.6. The molecule has 0 atom stereocenters. The molecule has 0 radical (unpaired) electrons. The van der Waals surface area contributed by atoms with Gasteiger partial charge in [0, 0.05) is 13.1 Å². The summed E-state index contributed by atoms with van der Waals surface area (Å²) in [6.07, 6.45) is 1.34. The smallest absolute Gasteiger partial charge is 0.306 e. The number of hydrogen-bond acceptors (Lipinski definition) is 2. The van der Waals surface area contributed by atoms with Gasteiger partial charge in [-0.3, -0.25) is 10.2 Å². The van der Waals surface area contributed by atoms with Crippen LogP contribution in [0.4, 0.5) is 0 Å². The van der Waals surface area contributed by atoms with Gasteiger partial charge in [0.25, 0.3) is 0 Å². The van der Waals surface area contributed by atoms with Crippen molar-refractivity contribution in [2.24, 2.45) is 5.92 Å². The number of hydrogen-bond donors (Lipinski definition) is 2. The zero-order valence-electron chi connectivity index (χ0n) is 9.21. The van der Waals surface area contributed by atoms with Gasteiger partial charge in [0.05, 0.1) is 11.8 Å². The lowest BCUT2D eigenvalue weighted by Crippen LogP contribution is -2.38. The molecule has 2 N–H and O–H groups in total. The Kier molecular flexibility index (Phi) is 5.92. The van der Waals surface area contributed by atoms with E-state index in [0.29, 0.717) is 31.8 Å². The largest absolute Gasteiger partial charge is 0.481 e. The molecule has 82 valence electrons. The van der Waals surface area contributed by atoms with Crippen LogP contribution in [0.3, 0.4) is 0 Å². The molecule has 0 unspecified atom stereocenters. The maximum Gasteiger partial charge on any atom is 0.306 e. The Morgan fingerprint density at radius 2 is 1.79 bits per heavy atom. The second kappa shape index (κ2) is 6.40. The zero-order valence-corrected chi connectivity index (χ0v) is 9.21. The van der Waals surface area contributed by atoms with Gasteiger partial charge in [-0.2, -0.15) is 0 Å². The van der Waals surface area contributed by atoms with Gasteiger partial charge in [0.1, 0.15) is 0 Å². The number of carboxylic acids is 1. The van der Waals surface area contributed by atoms with Crippen LogP contribution < -0.4 is 0 Å². The van der Waals surface area contributed by atoms with E-state index in [1.165, 1.54) is 0 Å². The minimum absolute atomic E-state index is 0.194. The molecule has 1 fully saturated rings. The van der Waals surface area contributed by atoms with Crippen LogP contribution >= 0.6 is 0 Å². The number of likely N-dealkylation sites (tertiary alicyclic amines) is 1. The van der Waals surface area contributed by atoms with Gasteiger partial charge in [-0.25, -0.2) is 0 Å². The standard InChI is InChI=1S/C8H14N2O2.C2H6/c1-6(9)10-4-2-7(3-5-10)8(11)12;1-2/h7,9H,2-5H2,1H3,(H,11,12);1-2H3. The lowest BCUT2D eigenvalue weighted by Gasteiger charge is -2.30. The monoisotopic (exact) mass is 200 g/mol. The quantitative estimate of drug-likeness (QED) is 0.501. The highest BCUT2D eigenvalue weighted by Crippen LogP contribution is 2.16. The van der Waals surface area contributed by atoms with Crippen LogP contribution in [-0.4, -0.2) is 34.9 Å². The van der Waals surface area contributed by atoms with Crippen molar-refractivity contribution >= 4 is 11.8 Å². The van der Waals surface area contributed by atoms with Gasteiger partial charge in [-0.1, -0.05) is 13.8 Å². The normalized spacial score (nSPS) is 16.9. The summed E-state index contributed by atoms with van der Waals surface area (Å²) < 4.78 is 0. The molecule has 4 heteroatoms. The third-order valence-corrected chi connectivity index (χ3v) is 2.32. The van der Waals surface area contributed by atoms with Crippen LogP contribution in [-0.2, 0) is 4.79 Å². The van der Waals surface area contributed by atoms with E-state index in [1.54, 1.807) is 6.92 Å². The van der Waals surface area contributed by atoms with Crippen molar-refractivity contribution in [3.63, 3.8) is 0 Å². The lowest BCUT2D eigenvalue weighted by molar-refractivity contribution is -0.143. The van der Waals surface area contributed by atoms with Crippen molar-refractivity contribution in [2.75, 3.05) is 13.1 Å². The van der Waals surface area contributed by atoms with Crippen LogP contribution in [0.25, 0.3) is 0 Å². The minimum atomic E-state index is -0.697. The Bertz CT molecular complexity index is 174. The highest BCUT2D eigenvalue weighted by molar-refractivity contribution is 5.77. The molecule has 0 amide bonds. The summed E-state index contributed by atoms with van der Waals surface area (Å²) in [5, 5.41) is 16.0. The summed E-state index contributed by atoms with van der Waals surface area (Å²) in [4.78, 5) is 12.5. The molecule has 1 heterocycles. The van der Waals surface area contributed by atoms with Crippen molar-refractivity contribution < 1.29 is 9.90 Å². The molecule has 0 aromatic rings. The Morgan fingerprint density at radius 1 is 1.36 bits per heavy atom. The zero-order chi connectivity index (χ0) is 11.1. The summed E-state index contributed by atoms with van der Waals surface area (Å²) in [6.45, 7) is 7.17. The van der Waals surface area contributed by atoms with Gasteiger partial charge >= 0.3 is 5.97 Å². The van der Waals surface area contributed by atoms with E-state index in [4.69, 9.17) is 10.5 Å². The topological polar surface area (TPSA) is 64.4 Å². The Morgan fingerprint density at radius 3 is 2.07 bits per heavy atom. The molecule has 0 saturated carbocycles. The molecule has 0 aliphatic carbocycles.